The van der Waals surface area contributed by atoms with E-state index in [1.165, 1.54) is 6.20 Å². The Bertz CT molecular complexity index is 698. The van der Waals surface area contributed by atoms with Crippen molar-refractivity contribution in [1.82, 2.24) is 19.9 Å². The largest absolute Gasteiger partial charge is 0.353 e. The SMILES string of the molecule is CN(C)c1nccc(N2CCN(c3cnc(C#N)cn3)CC2)n1. The van der Waals surface area contributed by atoms with Gasteiger partial charge >= 0.3 is 0 Å². The number of nitrogens with zero attached hydrogens (tertiary/aromatic N) is 8. The fourth-order valence-corrected chi connectivity index (χ4v) is 2.44. The molecule has 0 bridgehead atoms. The second kappa shape index (κ2) is 6.44. The number of aromatic nitrogens is 4. The zero-order valence-electron chi connectivity index (χ0n) is 13.2. The summed E-state index contributed by atoms with van der Waals surface area (Å²) in [6.45, 7) is 3.38. The highest BCUT2D eigenvalue weighted by Gasteiger charge is 2.20. The second-order valence-corrected chi connectivity index (χ2v) is 5.46. The van der Waals surface area contributed by atoms with Crippen molar-refractivity contribution in [2.75, 3.05) is 55.0 Å². The molecule has 8 nitrogen and oxygen atoms in total. The molecular formula is C15H18N8. The molecule has 1 fully saturated rings. The summed E-state index contributed by atoms with van der Waals surface area (Å²) < 4.78 is 0. The van der Waals surface area contributed by atoms with Crippen molar-refractivity contribution in [3.05, 3.63) is 30.4 Å². The third-order valence-corrected chi connectivity index (χ3v) is 3.71. The zero-order valence-corrected chi connectivity index (χ0v) is 13.2. The molecule has 23 heavy (non-hydrogen) atoms. The van der Waals surface area contributed by atoms with Crippen molar-refractivity contribution < 1.29 is 0 Å². The normalized spacial score (nSPS) is 14.5. The van der Waals surface area contributed by atoms with E-state index in [0.717, 1.165) is 37.8 Å². The van der Waals surface area contributed by atoms with Gasteiger partial charge in [0, 0.05) is 46.5 Å². The van der Waals surface area contributed by atoms with Gasteiger partial charge < -0.3 is 14.7 Å². The van der Waals surface area contributed by atoms with Crippen LogP contribution in [0.5, 0.6) is 0 Å². The predicted molar refractivity (Wildman–Crippen MR) is 87.5 cm³/mol. The van der Waals surface area contributed by atoms with Crippen molar-refractivity contribution in [2.24, 2.45) is 0 Å². The van der Waals surface area contributed by atoms with Gasteiger partial charge in [0.05, 0.1) is 12.4 Å². The van der Waals surface area contributed by atoms with E-state index >= 15 is 0 Å². The minimum atomic E-state index is 0.338. The molecule has 1 aliphatic rings. The van der Waals surface area contributed by atoms with Crippen LogP contribution in [-0.2, 0) is 0 Å². The molecule has 2 aromatic rings. The van der Waals surface area contributed by atoms with Crippen LogP contribution in [0, 0.1) is 11.3 Å². The van der Waals surface area contributed by atoms with E-state index in [0.29, 0.717) is 11.6 Å². The number of nitriles is 1. The van der Waals surface area contributed by atoms with Crippen LogP contribution in [0.2, 0.25) is 0 Å². The van der Waals surface area contributed by atoms with E-state index in [4.69, 9.17) is 5.26 Å². The molecule has 0 amide bonds. The summed E-state index contributed by atoms with van der Waals surface area (Å²) in [5.41, 5.74) is 0.338. The Balaban J connectivity index is 1.66. The van der Waals surface area contributed by atoms with Crippen LogP contribution >= 0.6 is 0 Å². The molecule has 0 aromatic carbocycles. The van der Waals surface area contributed by atoms with Crippen molar-refractivity contribution in [3.8, 4) is 6.07 Å². The van der Waals surface area contributed by atoms with Crippen LogP contribution in [-0.4, -0.2) is 60.2 Å². The van der Waals surface area contributed by atoms with E-state index in [1.807, 2.05) is 31.1 Å². The molecule has 8 heteroatoms. The van der Waals surface area contributed by atoms with Crippen molar-refractivity contribution >= 4 is 17.6 Å². The minimum Gasteiger partial charge on any atom is -0.353 e. The lowest BCUT2D eigenvalue weighted by Crippen LogP contribution is -2.47. The second-order valence-electron chi connectivity index (χ2n) is 5.46. The van der Waals surface area contributed by atoms with Crippen molar-refractivity contribution in [2.45, 2.75) is 0 Å². The topological polar surface area (TPSA) is 85.1 Å². The van der Waals surface area contributed by atoms with Gasteiger partial charge in [0.2, 0.25) is 5.95 Å². The summed E-state index contributed by atoms with van der Waals surface area (Å²) in [6.07, 6.45) is 4.95. The number of hydrogen-bond donors (Lipinski definition) is 0. The van der Waals surface area contributed by atoms with Crippen LogP contribution in [0.15, 0.2) is 24.7 Å². The highest BCUT2D eigenvalue weighted by molar-refractivity contribution is 5.46. The Morgan fingerprint density at radius 1 is 1.00 bits per heavy atom. The van der Waals surface area contributed by atoms with Crippen LogP contribution in [0.1, 0.15) is 5.69 Å². The molecule has 0 saturated carbocycles. The van der Waals surface area contributed by atoms with E-state index in [2.05, 4.69) is 29.7 Å². The summed E-state index contributed by atoms with van der Waals surface area (Å²) in [6, 6.07) is 3.92. The maximum atomic E-state index is 8.77. The van der Waals surface area contributed by atoms with E-state index < -0.39 is 0 Å². The Labute approximate surface area is 135 Å². The first-order chi connectivity index (χ1) is 11.2. The first-order valence-electron chi connectivity index (χ1n) is 7.40. The van der Waals surface area contributed by atoms with Gasteiger partial charge in [-0.25, -0.2) is 15.0 Å². The molecule has 0 spiro atoms. The molecule has 3 rings (SSSR count). The third-order valence-electron chi connectivity index (χ3n) is 3.71. The molecule has 3 heterocycles. The quantitative estimate of drug-likeness (QED) is 0.811. The summed E-state index contributed by atoms with van der Waals surface area (Å²) in [7, 11) is 3.86. The first kappa shape index (κ1) is 15.0. The smallest absolute Gasteiger partial charge is 0.226 e. The van der Waals surface area contributed by atoms with Gasteiger partial charge in [-0.1, -0.05) is 0 Å². The fraction of sp³-hybridized carbons (Fsp3) is 0.400. The summed E-state index contributed by atoms with van der Waals surface area (Å²) in [5, 5.41) is 8.77. The summed E-state index contributed by atoms with van der Waals surface area (Å²) in [4.78, 5) is 23.5. The first-order valence-corrected chi connectivity index (χ1v) is 7.40. The lowest BCUT2D eigenvalue weighted by molar-refractivity contribution is 0.639. The van der Waals surface area contributed by atoms with E-state index in [9.17, 15) is 0 Å². The van der Waals surface area contributed by atoms with Gasteiger partial charge in [-0.15, -0.1) is 0 Å². The predicted octanol–water partition coefficient (Wildman–Crippen LogP) is 0.531. The number of piperazine rings is 1. The van der Waals surface area contributed by atoms with Gasteiger partial charge in [-0.3, -0.25) is 0 Å². The molecule has 2 aromatic heterocycles. The van der Waals surface area contributed by atoms with Crippen molar-refractivity contribution in [1.29, 1.82) is 5.26 Å². The number of hydrogen-bond acceptors (Lipinski definition) is 8. The van der Waals surface area contributed by atoms with E-state index in [1.54, 1.807) is 12.4 Å². The maximum Gasteiger partial charge on any atom is 0.226 e. The lowest BCUT2D eigenvalue weighted by Gasteiger charge is -2.36. The van der Waals surface area contributed by atoms with Gasteiger partial charge in [0.1, 0.15) is 17.7 Å². The average molecular weight is 310 g/mol. The molecule has 0 aliphatic carbocycles. The van der Waals surface area contributed by atoms with Gasteiger partial charge in [-0.05, 0) is 6.07 Å². The number of rotatable bonds is 3. The van der Waals surface area contributed by atoms with Crippen LogP contribution < -0.4 is 14.7 Å². The van der Waals surface area contributed by atoms with Crippen LogP contribution in [0.25, 0.3) is 0 Å². The van der Waals surface area contributed by atoms with Crippen LogP contribution in [0.4, 0.5) is 17.6 Å². The lowest BCUT2D eigenvalue weighted by atomic mass is 10.3. The maximum absolute atomic E-state index is 8.77. The highest BCUT2D eigenvalue weighted by Crippen LogP contribution is 2.18. The fourth-order valence-electron chi connectivity index (χ4n) is 2.44. The Morgan fingerprint density at radius 2 is 1.70 bits per heavy atom. The molecule has 1 aliphatic heterocycles. The Morgan fingerprint density at radius 3 is 2.26 bits per heavy atom. The molecule has 0 N–H and O–H groups in total. The molecule has 1 saturated heterocycles. The third kappa shape index (κ3) is 3.29. The van der Waals surface area contributed by atoms with Gasteiger partial charge in [0.25, 0.3) is 0 Å². The Hall–Kier alpha value is -2.95. The van der Waals surface area contributed by atoms with Gasteiger partial charge in [-0.2, -0.15) is 10.2 Å². The van der Waals surface area contributed by atoms with E-state index in [-0.39, 0.29) is 0 Å². The monoisotopic (exact) mass is 310 g/mol. The van der Waals surface area contributed by atoms with Crippen molar-refractivity contribution in [3.63, 3.8) is 0 Å². The Kier molecular flexibility index (Phi) is 4.19. The molecule has 0 atom stereocenters. The number of anilines is 3. The molecular weight excluding hydrogens is 292 g/mol. The standard InChI is InChI=1S/C15H18N8/c1-21(2)15-17-4-3-13(20-15)22-5-7-23(8-6-22)14-11-18-12(9-16)10-19-14/h3-4,10-11H,5-8H2,1-2H3. The zero-order chi connectivity index (χ0) is 16.2. The summed E-state index contributed by atoms with van der Waals surface area (Å²) >= 11 is 0. The molecule has 118 valence electrons. The average Bonchev–Trinajstić information content (AvgIpc) is 2.62. The summed E-state index contributed by atoms with van der Waals surface area (Å²) in [5.74, 6) is 2.46. The minimum absolute atomic E-state index is 0.338. The molecule has 0 unspecified atom stereocenters. The van der Waals surface area contributed by atoms with Gasteiger partial charge in [0.15, 0.2) is 5.69 Å². The molecule has 0 radical (unpaired) electrons. The van der Waals surface area contributed by atoms with Crippen LogP contribution in [0.3, 0.4) is 0 Å². The highest BCUT2D eigenvalue weighted by atomic mass is 15.3.